The Morgan fingerprint density at radius 1 is 1.17 bits per heavy atom. The second-order valence-corrected chi connectivity index (χ2v) is 12.8. The molecule has 11 heteroatoms. The largest absolute Gasteiger partial charge is 0.458 e. The van der Waals surface area contributed by atoms with Crippen molar-refractivity contribution in [3.8, 4) is 11.4 Å². The van der Waals surface area contributed by atoms with Gasteiger partial charge in [0.25, 0.3) is 5.56 Å². The Kier molecular flexibility index (Phi) is 5.42. The third kappa shape index (κ3) is 3.55. The first kappa shape index (κ1) is 23.8. The molecule has 1 aromatic carbocycles. The summed E-state index contributed by atoms with van der Waals surface area (Å²) in [6, 6.07) is 7.52. The lowest BCUT2D eigenvalue weighted by atomic mass is 9.86. The van der Waals surface area contributed by atoms with Gasteiger partial charge in [-0.15, -0.1) is 0 Å². The fourth-order valence-corrected chi connectivity index (χ4v) is 7.08. The molecule has 0 amide bonds. The van der Waals surface area contributed by atoms with E-state index in [1.807, 2.05) is 18.2 Å². The van der Waals surface area contributed by atoms with Crippen LogP contribution in [0.5, 0.6) is 0 Å². The number of benzene rings is 1. The minimum atomic E-state index is -3.02. The first-order valence-electron chi connectivity index (χ1n) is 11.8. The van der Waals surface area contributed by atoms with Crippen LogP contribution in [0.1, 0.15) is 35.6 Å². The molecule has 6 rings (SSSR count). The number of carbonyl (C=O) groups is 1. The van der Waals surface area contributed by atoms with E-state index in [0.717, 1.165) is 26.5 Å². The first-order chi connectivity index (χ1) is 17.1. The summed E-state index contributed by atoms with van der Waals surface area (Å²) in [5.74, 6) is -0.507. The highest BCUT2D eigenvalue weighted by Gasteiger charge is 2.45. The molecule has 2 aromatic heterocycles. The number of cyclic esters (lactones) is 1. The van der Waals surface area contributed by atoms with Crippen LogP contribution in [-0.4, -0.2) is 58.5 Å². The van der Waals surface area contributed by atoms with E-state index < -0.39 is 21.4 Å². The highest BCUT2D eigenvalue weighted by Crippen LogP contribution is 2.40. The first-order valence-corrected chi connectivity index (χ1v) is 14.4. The Hall–Kier alpha value is -2.60. The molecule has 1 atom stereocenters. The van der Waals surface area contributed by atoms with Gasteiger partial charge in [0, 0.05) is 40.6 Å². The summed E-state index contributed by atoms with van der Waals surface area (Å²) in [5.41, 5.74) is 2.21. The average Bonchev–Trinajstić information content (AvgIpc) is 3.22. The van der Waals surface area contributed by atoms with Crippen molar-refractivity contribution in [2.45, 2.75) is 38.6 Å². The Morgan fingerprint density at radius 3 is 2.64 bits per heavy atom. The number of pyridine rings is 2. The van der Waals surface area contributed by atoms with Crippen LogP contribution >= 0.6 is 15.9 Å². The van der Waals surface area contributed by atoms with Gasteiger partial charge in [0.2, 0.25) is 0 Å². The number of fused-ring (bicyclic) bond motifs is 5. The number of ether oxygens (including phenoxy) is 1. The van der Waals surface area contributed by atoms with E-state index >= 15 is 0 Å². The fourth-order valence-electron chi connectivity index (χ4n) is 5.45. The maximum Gasteiger partial charge on any atom is 0.343 e. The van der Waals surface area contributed by atoms with Crippen LogP contribution in [0.2, 0.25) is 0 Å². The van der Waals surface area contributed by atoms with Crippen LogP contribution in [0.3, 0.4) is 0 Å². The van der Waals surface area contributed by atoms with Gasteiger partial charge >= 0.3 is 5.97 Å². The lowest BCUT2D eigenvalue weighted by Gasteiger charge is -2.31. The zero-order valence-corrected chi connectivity index (χ0v) is 22.0. The van der Waals surface area contributed by atoms with E-state index in [2.05, 4.69) is 20.8 Å². The highest BCUT2D eigenvalue weighted by atomic mass is 79.9. The predicted octanol–water partition coefficient (Wildman–Crippen LogP) is 2.07. The predicted molar refractivity (Wildman–Crippen MR) is 136 cm³/mol. The molecule has 5 heterocycles. The minimum Gasteiger partial charge on any atom is -0.458 e. The number of nitrogens with zero attached hydrogens (tertiary/aromatic N) is 3. The average molecular weight is 574 g/mol. The van der Waals surface area contributed by atoms with E-state index in [4.69, 9.17) is 9.72 Å². The molecule has 1 unspecified atom stereocenters. The van der Waals surface area contributed by atoms with Crippen LogP contribution in [0.25, 0.3) is 22.3 Å². The molecule has 1 saturated heterocycles. The van der Waals surface area contributed by atoms with E-state index in [1.54, 1.807) is 17.6 Å². The lowest BCUT2D eigenvalue weighted by Crippen LogP contribution is -2.44. The molecule has 0 bridgehead atoms. The third-order valence-electron chi connectivity index (χ3n) is 7.59. The van der Waals surface area contributed by atoms with E-state index in [0.29, 0.717) is 37.6 Å². The van der Waals surface area contributed by atoms with Crippen molar-refractivity contribution in [3.63, 3.8) is 0 Å². The fraction of sp³-hybridized carbons (Fsp3) is 0.400. The number of aromatic nitrogens is 2. The van der Waals surface area contributed by atoms with E-state index in [9.17, 15) is 23.1 Å². The van der Waals surface area contributed by atoms with Gasteiger partial charge in [-0.3, -0.25) is 9.69 Å². The van der Waals surface area contributed by atoms with Crippen molar-refractivity contribution in [1.29, 1.82) is 0 Å². The smallest absolute Gasteiger partial charge is 0.343 e. The molecule has 188 valence electrons. The van der Waals surface area contributed by atoms with Crippen molar-refractivity contribution in [3.05, 3.63) is 61.3 Å². The third-order valence-corrected chi connectivity index (χ3v) is 9.69. The van der Waals surface area contributed by atoms with Gasteiger partial charge in [-0.25, -0.2) is 18.2 Å². The van der Waals surface area contributed by atoms with E-state index in [-0.39, 0.29) is 41.2 Å². The lowest BCUT2D eigenvalue weighted by molar-refractivity contribution is -0.172. The van der Waals surface area contributed by atoms with Crippen LogP contribution in [0.15, 0.2) is 33.5 Å². The second-order valence-electron chi connectivity index (χ2n) is 9.61. The van der Waals surface area contributed by atoms with Gasteiger partial charge in [-0.1, -0.05) is 22.9 Å². The summed E-state index contributed by atoms with van der Waals surface area (Å²) < 4.78 is 31.6. The number of esters is 1. The van der Waals surface area contributed by atoms with Crippen molar-refractivity contribution in [2.75, 3.05) is 24.6 Å². The molecular formula is C25H24BrN3O6S. The van der Waals surface area contributed by atoms with Crippen LogP contribution in [0.4, 0.5) is 0 Å². The zero-order chi connectivity index (χ0) is 25.4. The molecule has 3 aliphatic heterocycles. The van der Waals surface area contributed by atoms with Gasteiger partial charge in [-0.2, -0.15) is 0 Å². The normalized spacial score (nSPS) is 22.7. The summed E-state index contributed by atoms with van der Waals surface area (Å²) in [6.07, 6.45) is 0.0802. The summed E-state index contributed by atoms with van der Waals surface area (Å²) in [5, 5.41) is 12.1. The minimum absolute atomic E-state index is 0.0802. The zero-order valence-electron chi connectivity index (χ0n) is 19.6. The number of hydrogen-bond acceptors (Lipinski definition) is 8. The Bertz CT molecular complexity index is 1620. The maximum atomic E-state index is 13.6. The molecule has 1 fully saturated rings. The Labute approximate surface area is 215 Å². The van der Waals surface area contributed by atoms with E-state index in [1.165, 1.54) is 0 Å². The molecule has 0 radical (unpaired) electrons. The number of carbonyl (C=O) groups excluding carboxylic acids is 1. The Morgan fingerprint density at radius 2 is 1.92 bits per heavy atom. The van der Waals surface area contributed by atoms with Crippen molar-refractivity contribution >= 4 is 42.6 Å². The number of hydrogen-bond donors (Lipinski definition) is 1. The Balaban J connectivity index is 1.54. The summed E-state index contributed by atoms with van der Waals surface area (Å²) in [7, 11) is -3.02. The molecule has 9 nitrogen and oxygen atoms in total. The molecule has 0 spiro atoms. The van der Waals surface area contributed by atoms with Crippen LogP contribution in [0, 0.1) is 0 Å². The molecule has 36 heavy (non-hydrogen) atoms. The number of aliphatic hydroxyl groups is 1. The molecule has 0 aliphatic carbocycles. The maximum absolute atomic E-state index is 13.6. The molecular weight excluding hydrogens is 550 g/mol. The molecule has 3 aliphatic rings. The summed E-state index contributed by atoms with van der Waals surface area (Å²) >= 11 is 3.55. The standard InChI is InChI=1S/C25H24BrN3O6S/c1-2-25(32)19-10-21-22-17(12-29(21)23(30)18(19)13-35-24(25)31)16(11-28-5-7-36(33,34)8-6-28)15-9-14(26)3-4-20(15)27-22/h3-4,9-10,32H,2,5-8,11-13H2,1H3. The van der Waals surface area contributed by atoms with Gasteiger partial charge in [-0.05, 0) is 36.2 Å². The highest BCUT2D eigenvalue weighted by molar-refractivity contribution is 9.10. The second kappa shape index (κ2) is 8.20. The topological polar surface area (TPSA) is 119 Å². The number of halogens is 1. The molecule has 1 N–H and O–H groups in total. The van der Waals surface area contributed by atoms with Crippen molar-refractivity contribution in [2.24, 2.45) is 0 Å². The number of sulfone groups is 1. The monoisotopic (exact) mass is 573 g/mol. The van der Waals surface area contributed by atoms with Crippen molar-refractivity contribution in [1.82, 2.24) is 14.5 Å². The molecule has 3 aromatic rings. The van der Waals surface area contributed by atoms with Crippen LogP contribution < -0.4 is 5.56 Å². The van der Waals surface area contributed by atoms with Gasteiger partial charge in [0.1, 0.15) is 6.61 Å². The van der Waals surface area contributed by atoms with Gasteiger partial charge in [0.15, 0.2) is 15.4 Å². The van der Waals surface area contributed by atoms with Gasteiger partial charge in [0.05, 0.1) is 40.5 Å². The summed E-state index contributed by atoms with van der Waals surface area (Å²) in [4.78, 5) is 33.0. The SMILES string of the molecule is CCC1(O)C(=O)OCc2c1cc1n(c2=O)Cc2c-1nc1ccc(Br)cc1c2CN1CCS(=O)(=O)CC1. The summed E-state index contributed by atoms with van der Waals surface area (Å²) in [6.45, 7) is 3.21. The van der Waals surface area contributed by atoms with Crippen LogP contribution in [-0.2, 0) is 44.7 Å². The van der Waals surface area contributed by atoms with Crippen molar-refractivity contribution < 1.29 is 23.1 Å². The van der Waals surface area contributed by atoms with Gasteiger partial charge < -0.3 is 14.4 Å². The molecule has 0 saturated carbocycles. The quantitative estimate of drug-likeness (QED) is 0.370. The number of rotatable bonds is 3.